The molecule has 26 heavy (non-hydrogen) atoms. The van der Waals surface area contributed by atoms with E-state index in [1.54, 1.807) is 6.92 Å². The predicted octanol–water partition coefficient (Wildman–Crippen LogP) is 4.73. The Labute approximate surface area is 154 Å². The van der Waals surface area contributed by atoms with Crippen LogP contribution in [0.5, 0.6) is 0 Å². The molecular weight excluding hydrogens is 331 g/mol. The third-order valence-corrected chi connectivity index (χ3v) is 4.28. The van der Waals surface area contributed by atoms with Crippen LogP contribution in [0.1, 0.15) is 49.2 Å². The first kappa shape index (κ1) is 19.8. The summed E-state index contributed by atoms with van der Waals surface area (Å²) in [7, 11) is 0. The van der Waals surface area contributed by atoms with Crippen molar-refractivity contribution < 1.29 is 18.7 Å². The number of carbonyl (C=O) groups excluding carboxylic acids is 2. The third-order valence-electron chi connectivity index (χ3n) is 4.28. The van der Waals surface area contributed by atoms with Crippen LogP contribution < -0.4 is 0 Å². The van der Waals surface area contributed by atoms with Crippen LogP contribution in [-0.4, -0.2) is 18.4 Å². The molecule has 0 heterocycles. The Morgan fingerprint density at radius 1 is 1.00 bits per heavy atom. The second-order valence-electron chi connectivity index (χ2n) is 7.33. The van der Waals surface area contributed by atoms with Crippen molar-refractivity contribution in [3.05, 3.63) is 71.0 Å². The summed E-state index contributed by atoms with van der Waals surface area (Å²) in [5.74, 6) is -2.28. The van der Waals surface area contributed by atoms with Crippen molar-refractivity contribution in [2.24, 2.45) is 5.92 Å². The molecule has 0 spiro atoms. The zero-order valence-corrected chi connectivity index (χ0v) is 15.7. The van der Waals surface area contributed by atoms with Crippen molar-refractivity contribution in [3.63, 3.8) is 0 Å². The molecule has 0 fully saturated rings. The maximum atomic E-state index is 13.1. The van der Waals surface area contributed by atoms with E-state index < -0.39 is 17.7 Å². The summed E-state index contributed by atoms with van der Waals surface area (Å²) >= 11 is 0. The third kappa shape index (κ3) is 5.01. The molecule has 2 aromatic rings. The summed E-state index contributed by atoms with van der Waals surface area (Å²) < 4.78 is 18.2. The zero-order valence-electron chi connectivity index (χ0n) is 15.7. The molecule has 0 amide bonds. The van der Waals surface area contributed by atoms with Gasteiger partial charge in [0.25, 0.3) is 0 Å². The van der Waals surface area contributed by atoms with E-state index in [-0.39, 0.29) is 24.2 Å². The Morgan fingerprint density at radius 3 is 2.08 bits per heavy atom. The molecule has 0 aliphatic rings. The van der Waals surface area contributed by atoms with Crippen molar-refractivity contribution in [2.45, 2.75) is 39.5 Å². The number of hydrogen-bond acceptors (Lipinski definition) is 3. The van der Waals surface area contributed by atoms with Gasteiger partial charge in [0.05, 0.1) is 6.61 Å². The Morgan fingerprint density at radius 2 is 1.58 bits per heavy atom. The van der Waals surface area contributed by atoms with Gasteiger partial charge in [-0.05, 0) is 54.2 Å². The fourth-order valence-corrected chi connectivity index (χ4v) is 2.72. The fourth-order valence-electron chi connectivity index (χ4n) is 2.72. The zero-order chi connectivity index (χ0) is 19.3. The van der Waals surface area contributed by atoms with Crippen LogP contribution in [0.25, 0.3) is 0 Å². The van der Waals surface area contributed by atoms with Crippen LogP contribution in [0.2, 0.25) is 0 Å². The highest BCUT2D eigenvalue weighted by molar-refractivity contribution is 6.08. The highest BCUT2D eigenvalue weighted by atomic mass is 19.1. The number of halogens is 1. The minimum absolute atomic E-state index is 0.0308. The largest absolute Gasteiger partial charge is 0.465 e. The van der Waals surface area contributed by atoms with Crippen LogP contribution >= 0.6 is 0 Å². The van der Waals surface area contributed by atoms with Crippen LogP contribution in [-0.2, 0) is 21.4 Å². The molecule has 0 aliphatic heterocycles. The SMILES string of the molecule is CCOC(=O)C(Cc1ccc(C(C)(C)C)cc1)C(=O)c1ccc(F)cc1. The molecule has 0 N–H and O–H groups in total. The summed E-state index contributed by atoms with van der Waals surface area (Å²) in [5.41, 5.74) is 2.39. The standard InChI is InChI=1S/C22H25FO3/c1-5-26-21(25)19(20(24)16-8-12-18(23)13-9-16)14-15-6-10-17(11-7-15)22(2,3)4/h6-13,19H,5,14H2,1-4H3. The van der Waals surface area contributed by atoms with Crippen molar-refractivity contribution in [1.29, 1.82) is 0 Å². The van der Waals surface area contributed by atoms with E-state index in [0.717, 1.165) is 5.56 Å². The molecular formula is C22H25FO3. The first-order chi connectivity index (χ1) is 12.2. The molecule has 0 aromatic heterocycles. The van der Waals surface area contributed by atoms with Crippen molar-refractivity contribution >= 4 is 11.8 Å². The Hall–Kier alpha value is -2.49. The molecule has 0 radical (unpaired) electrons. The molecule has 3 nitrogen and oxygen atoms in total. The van der Waals surface area contributed by atoms with Gasteiger partial charge in [0, 0.05) is 5.56 Å². The van der Waals surface area contributed by atoms with E-state index in [0.29, 0.717) is 5.56 Å². The number of hydrogen-bond donors (Lipinski definition) is 0. The number of Topliss-reactive ketones (excluding diaryl/α,β-unsaturated/α-hetero) is 1. The number of ketones is 1. The molecule has 4 heteroatoms. The van der Waals surface area contributed by atoms with Crippen LogP contribution in [0, 0.1) is 11.7 Å². The highest BCUT2D eigenvalue weighted by Crippen LogP contribution is 2.24. The average Bonchev–Trinajstić information content (AvgIpc) is 2.59. The lowest BCUT2D eigenvalue weighted by Crippen LogP contribution is -2.28. The first-order valence-corrected chi connectivity index (χ1v) is 8.78. The lowest BCUT2D eigenvalue weighted by Gasteiger charge is -2.20. The summed E-state index contributed by atoms with van der Waals surface area (Å²) in [4.78, 5) is 25.1. The van der Waals surface area contributed by atoms with Crippen LogP contribution in [0.15, 0.2) is 48.5 Å². The topological polar surface area (TPSA) is 43.4 Å². The van der Waals surface area contributed by atoms with Crippen molar-refractivity contribution in [3.8, 4) is 0 Å². The molecule has 2 aromatic carbocycles. The molecule has 0 aliphatic carbocycles. The van der Waals surface area contributed by atoms with E-state index >= 15 is 0 Å². The molecule has 1 unspecified atom stereocenters. The summed E-state index contributed by atoms with van der Waals surface area (Å²) in [6.45, 7) is 8.29. The van der Waals surface area contributed by atoms with Crippen LogP contribution in [0.4, 0.5) is 4.39 Å². The van der Waals surface area contributed by atoms with Gasteiger partial charge in [0.15, 0.2) is 5.78 Å². The van der Waals surface area contributed by atoms with Crippen molar-refractivity contribution in [1.82, 2.24) is 0 Å². The number of ether oxygens (including phenoxy) is 1. The molecule has 0 saturated carbocycles. The Balaban J connectivity index is 2.26. The maximum Gasteiger partial charge on any atom is 0.317 e. The van der Waals surface area contributed by atoms with Gasteiger partial charge in [0.2, 0.25) is 0 Å². The lowest BCUT2D eigenvalue weighted by molar-refractivity contribution is -0.146. The van der Waals surface area contributed by atoms with Gasteiger partial charge in [-0.3, -0.25) is 9.59 Å². The van der Waals surface area contributed by atoms with E-state index in [9.17, 15) is 14.0 Å². The van der Waals surface area contributed by atoms with E-state index in [1.807, 2.05) is 24.3 Å². The van der Waals surface area contributed by atoms with Gasteiger partial charge in [-0.2, -0.15) is 0 Å². The molecule has 1 atom stereocenters. The molecule has 138 valence electrons. The first-order valence-electron chi connectivity index (χ1n) is 8.78. The van der Waals surface area contributed by atoms with E-state index in [2.05, 4.69) is 20.8 Å². The number of carbonyl (C=O) groups is 2. The van der Waals surface area contributed by atoms with Gasteiger partial charge in [0.1, 0.15) is 11.7 Å². The van der Waals surface area contributed by atoms with Gasteiger partial charge in [-0.25, -0.2) is 4.39 Å². The average molecular weight is 356 g/mol. The minimum atomic E-state index is -0.944. The maximum absolute atomic E-state index is 13.1. The highest BCUT2D eigenvalue weighted by Gasteiger charge is 2.29. The minimum Gasteiger partial charge on any atom is -0.465 e. The van der Waals surface area contributed by atoms with Gasteiger partial charge < -0.3 is 4.74 Å². The molecule has 0 bridgehead atoms. The van der Waals surface area contributed by atoms with Crippen molar-refractivity contribution in [2.75, 3.05) is 6.61 Å². The summed E-state index contributed by atoms with van der Waals surface area (Å²) in [6.07, 6.45) is 0.249. The van der Waals surface area contributed by atoms with Gasteiger partial charge in [-0.15, -0.1) is 0 Å². The molecule has 0 saturated heterocycles. The lowest BCUT2D eigenvalue weighted by atomic mass is 9.85. The smallest absolute Gasteiger partial charge is 0.317 e. The Bertz CT molecular complexity index is 755. The normalized spacial score (nSPS) is 12.5. The summed E-state index contributed by atoms with van der Waals surface area (Å²) in [6, 6.07) is 13.1. The second kappa shape index (κ2) is 8.26. The van der Waals surface area contributed by atoms with E-state index in [1.165, 1.54) is 29.8 Å². The van der Waals surface area contributed by atoms with Crippen LogP contribution in [0.3, 0.4) is 0 Å². The predicted molar refractivity (Wildman–Crippen MR) is 99.7 cm³/mol. The number of rotatable bonds is 6. The quantitative estimate of drug-likeness (QED) is 0.427. The van der Waals surface area contributed by atoms with Gasteiger partial charge >= 0.3 is 5.97 Å². The number of benzene rings is 2. The van der Waals surface area contributed by atoms with Gasteiger partial charge in [-0.1, -0.05) is 45.0 Å². The fraction of sp³-hybridized carbons (Fsp3) is 0.364. The summed E-state index contributed by atoms with van der Waals surface area (Å²) in [5, 5.41) is 0. The molecule has 2 rings (SSSR count). The Kier molecular flexibility index (Phi) is 6.30. The van der Waals surface area contributed by atoms with E-state index in [4.69, 9.17) is 4.74 Å². The monoisotopic (exact) mass is 356 g/mol. The number of esters is 1. The second-order valence-corrected chi connectivity index (χ2v) is 7.33.